The minimum atomic E-state index is -0.450. The van der Waals surface area contributed by atoms with Gasteiger partial charge < -0.3 is 29.6 Å². The minimum absolute atomic E-state index is 0.163. The lowest BCUT2D eigenvalue weighted by molar-refractivity contribution is -0.140. The molecule has 2 N–H and O–H groups in total. The van der Waals surface area contributed by atoms with E-state index in [0.717, 1.165) is 11.1 Å². The van der Waals surface area contributed by atoms with Crippen molar-refractivity contribution in [2.45, 2.75) is 19.6 Å². The van der Waals surface area contributed by atoms with Gasteiger partial charge in [0.05, 0.1) is 30.9 Å². The summed E-state index contributed by atoms with van der Waals surface area (Å²) < 4.78 is 20.8. The number of carbonyl (C=O) groups excluding carboxylic acids is 2. The number of hydrogen-bond donors (Lipinski definition) is 2. The number of esters is 2. The maximum absolute atomic E-state index is 12.7. The standard InChI is InChI=1S/C24H26N2O6S/c1-15-20(23(28)31-13-12-29-2)21(26-24(33)25-15)17-8-10-19(11-9-17)32-14-16-4-6-18(7-5-16)22(27)30-3/h4-11,21H,12-14H2,1-3H3,(H2,25,26,33)/t21-/m1/s1. The first kappa shape index (κ1) is 24.2. The number of benzene rings is 2. The van der Waals surface area contributed by atoms with Gasteiger partial charge in [0.15, 0.2) is 5.11 Å². The van der Waals surface area contributed by atoms with E-state index in [1.165, 1.54) is 7.11 Å². The van der Waals surface area contributed by atoms with Crippen LogP contribution in [0.2, 0.25) is 0 Å². The van der Waals surface area contributed by atoms with Crippen molar-refractivity contribution in [1.29, 1.82) is 0 Å². The van der Waals surface area contributed by atoms with Gasteiger partial charge in [-0.05, 0) is 54.5 Å². The number of ether oxygens (including phenoxy) is 4. The highest BCUT2D eigenvalue weighted by Crippen LogP contribution is 2.29. The highest BCUT2D eigenvalue weighted by atomic mass is 32.1. The average molecular weight is 471 g/mol. The summed E-state index contributed by atoms with van der Waals surface area (Å²) in [4.78, 5) is 24.2. The Labute approximate surface area is 197 Å². The number of nitrogens with one attached hydrogen (secondary N) is 2. The Morgan fingerprint density at radius 3 is 2.30 bits per heavy atom. The third-order valence-electron chi connectivity index (χ3n) is 5.00. The van der Waals surface area contributed by atoms with Gasteiger partial charge in [0, 0.05) is 12.8 Å². The Bertz CT molecular complexity index is 1030. The smallest absolute Gasteiger partial charge is 0.338 e. The van der Waals surface area contributed by atoms with Gasteiger partial charge in [-0.3, -0.25) is 0 Å². The van der Waals surface area contributed by atoms with E-state index in [9.17, 15) is 9.59 Å². The largest absolute Gasteiger partial charge is 0.489 e. The third-order valence-corrected chi connectivity index (χ3v) is 5.22. The number of allylic oxidation sites excluding steroid dienone is 1. The Hall–Kier alpha value is -3.43. The molecular formula is C24H26N2O6S. The van der Waals surface area contributed by atoms with Crippen molar-refractivity contribution >= 4 is 29.3 Å². The summed E-state index contributed by atoms with van der Waals surface area (Å²) in [6.07, 6.45) is 0. The van der Waals surface area contributed by atoms with Crippen LogP contribution in [0.1, 0.15) is 34.5 Å². The molecule has 33 heavy (non-hydrogen) atoms. The molecule has 0 fully saturated rings. The number of methoxy groups -OCH3 is 2. The highest BCUT2D eigenvalue weighted by molar-refractivity contribution is 7.80. The average Bonchev–Trinajstić information content (AvgIpc) is 2.82. The van der Waals surface area contributed by atoms with Gasteiger partial charge in [-0.2, -0.15) is 0 Å². The van der Waals surface area contributed by atoms with Crippen molar-refractivity contribution in [2.24, 2.45) is 0 Å². The van der Waals surface area contributed by atoms with E-state index < -0.39 is 12.0 Å². The molecule has 1 heterocycles. The Morgan fingerprint density at radius 2 is 1.67 bits per heavy atom. The summed E-state index contributed by atoms with van der Waals surface area (Å²) >= 11 is 5.28. The molecule has 0 unspecified atom stereocenters. The van der Waals surface area contributed by atoms with Gasteiger partial charge in [-0.15, -0.1) is 0 Å². The zero-order valence-electron chi connectivity index (χ0n) is 18.7. The molecule has 3 rings (SSSR count). The summed E-state index contributed by atoms with van der Waals surface area (Å²) in [7, 11) is 2.89. The fraction of sp³-hybridized carbons (Fsp3) is 0.292. The van der Waals surface area contributed by atoms with Crippen molar-refractivity contribution < 1.29 is 28.5 Å². The van der Waals surface area contributed by atoms with Crippen LogP contribution in [0.15, 0.2) is 59.8 Å². The molecule has 1 atom stereocenters. The van der Waals surface area contributed by atoms with Crippen molar-refractivity contribution in [3.63, 3.8) is 0 Å². The Kier molecular flexibility index (Phi) is 8.39. The van der Waals surface area contributed by atoms with Gasteiger partial charge in [0.1, 0.15) is 19.0 Å². The van der Waals surface area contributed by atoms with Gasteiger partial charge in [0.25, 0.3) is 0 Å². The van der Waals surface area contributed by atoms with Crippen LogP contribution >= 0.6 is 12.2 Å². The molecule has 9 heteroatoms. The Morgan fingerprint density at radius 1 is 0.970 bits per heavy atom. The molecule has 2 aromatic carbocycles. The lowest BCUT2D eigenvalue weighted by atomic mass is 9.95. The molecule has 0 aliphatic carbocycles. The van der Waals surface area contributed by atoms with Gasteiger partial charge in [-0.1, -0.05) is 24.3 Å². The van der Waals surface area contributed by atoms with Crippen LogP contribution in [0.5, 0.6) is 5.75 Å². The van der Waals surface area contributed by atoms with E-state index in [-0.39, 0.29) is 12.6 Å². The molecule has 0 spiro atoms. The highest BCUT2D eigenvalue weighted by Gasteiger charge is 2.30. The van der Waals surface area contributed by atoms with Crippen LogP contribution in [0.3, 0.4) is 0 Å². The minimum Gasteiger partial charge on any atom is -0.489 e. The molecule has 0 saturated heterocycles. The lowest BCUT2D eigenvalue weighted by Gasteiger charge is -2.30. The maximum Gasteiger partial charge on any atom is 0.338 e. The lowest BCUT2D eigenvalue weighted by Crippen LogP contribution is -2.45. The topological polar surface area (TPSA) is 95.1 Å². The first-order valence-corrected chi connectivity index (χ1v) is 10.7. The van der Waals surface area contributed by atoms with Crippen molar-refractivity contribution in [3.8, 4) is 5.75 Å². The van der Waals surface area contributed by atoms with E-state index in [1.807, 2.05) is 36.4 Å². The molecule has 8 nitrogen and oxygen atoms in total. The van der Waals surface area contributed by atoms with Crippen LogP contribution in [0, 0.1) is 0 Å². The van der Waals surface area contributed by atoms with E-state index in [1.54, 1.807) is 26.2 Å². The molecular weight excluding hydrogens is 444 g/mol. The maximum atomic E-state index is 12.7. The first-order chi connectivity index (χ1) is 15.9. The number of thiocarbonyl (C=S) groups is 1. The fourth-order valence-corrected chi connectivity index (χ4v) is 3.56. The van der Waals surface area contributed by atoms with E-state index in [2.05, 4.69) is 10.6 Å². The summed E-state index contributed by atoms with van der Waals surface area (Å²) in [6.45, 7) is 2.61. The molecule has 0 saturated carbocycles. The number of carbonyl (C=O) groups is 2. The normalized spacial score (nSPS) is 15.4. The molecule has 0 amide bonds. The molecule has 2 aromatic rings. The molecule has 0 bridgehead atoms. The summed E-state index contributed by atoms with van der Waals surface area (Å²) in [5.74, 6) is -0.152. The van der Waals surface area contributed by atoms with Crippen LogP contribution in [-0.4, -0.2) is 44.5 Å². The van der Waals surface area contributed by atoms with Gasteiger partial charge in [-0.25, -0.2) is 9.59 Å². The zero-order valence-corrected chi connectivity index (χ0v) is 19.5. The fourth-order valence-electron chi connectivity index (χ4n) is 3.29. The monoisotopic (exact) mass is 470 g/mol. The number of hydrogen-bond acceptors (Lipinski definition) is 7. The van der Waals surface area contributed by atoms with Crippen molar-refractivity contribution in [1.82, 2.24) is 10.6 Å². The van der Waals surface area contributed by atoms with Crippen molar-refractivity contribution in [3.05, 3.63) is 76.5 Å². The van der Waals surface area contributed by atoms with Gasteiger partial charge >= 0.3 is 11.9 Å². The van der Waals surface area contributed by atoms with E-state index in [0.29, 0.717) is 40.9 Å². The molecule has 0 aromatic heterocycles. The summed E-state index contributed by atoms with van der Waals surface area (Å²) in [5, 5.41) is 6.54. The third kappa shape index (κ3) is 6.30. The van der Waals surface area contributed by atoms with Crippen LogP contribution in [-0.2, 0) is 25.6 Å². The molecule has 1 aliphatic heterocycles. The second-order valence-corrected chi connectivity index (χ2v) is 7.65. The zero-order chi connectivity index (χ0) is 23.8. The summed E-state index contributed by atoms with van der Waals surface area (Å²) in [5.41, 5.74) is 3.34. The molecule has 1 aliphatic rings. The quantitative estimate of drug-likeness (QED) is 0.326. The second kappa shape index (κ2) is 11.4. The van der Waals surface area contributed by atoms with Crippen LogP contribution in [0.25, 0.3) is 0 Å². The van der Waals surface area contributed by atoms with Gasteiger partial charge in [0.2, 0.25) is 0 Å². The molecule has 0 radical (unpaired) electrons. The van der Waals surface area contributed by atoms with Crippen molar-refractivity contribution in [2.75, 3.05) is 27.4 Å². The summed E-state index contributed by atoms with van der Waals surface area (Å²) in [6, 6.07) is 14.0. The van der Waals surface area contributed by atoms with E-state index in [4.69, 9.17) is 31.2 Å². The number of rotatable bonds is 9. The second-order valence-electron chi connectivity index (χ2n) is 7.25. The van der Waals surface area contributed by atoms with Crippen LogP contribution < -0.4 is 15.4 Å². The van der Waals surface area contributed by atoms with Crippen LogP contribution in [0.4, 0.5) is 0 Å². The van der Waals surface area contributed by atoms with E-state index >= 15 is 0 Å². The predicted octanol–water partition coefficient (Wildman–Crippen LogP) is 3.03. The Balaban J connectivity index is 1.68. The SMILES string of the molecule is COCCOC(=O)C1=C(C)NC(=S)N[C@@H]1c1ccc(OCc2ccc(C(=O)OC)cc2)cc1. The first-order valence-electron chi connectivity index (χ1n) is 10.3. The predicted molar refractivity (Wildman–Crippen MR) is 126 cm³/mol. The molecule has 174 valence electrons.